The Morgan fingerprint density at radius 2 is 0.688 bits per heavy atom. The summed E-state index contributed by atoms with van der Waals surface area (Å²) in [4.78, 5) is 5.43. The summed E-state index contributed by atoms with van der Waals surface area (Å²) < 4.78 is 2.55. The smallest absolute Gasteiger partial charge is 0.252 e. The molecule has 2 aliphatic heterocycles. The Morgan fingerprint density at radius 1 is 0.250 bits per heavy atom. The molecule has 442 valence electrons. The van der Waals surface area contributed by atoms with Crippen LogP contribution in [0.2, 0.25) is 0 Å². The van der Waals surface area contributed by atoms with Gasteiger partial charge >= 0.3 is 0 Å². The quantitative estimate of drug-likeness (QED) is 0.159. The van der Waals surface area contributed by atoms with E-state index >= 15 is 0 Å². The van der Waals surface area contributed by atoms with Gasteiger partial charge in [-0.3, -0.25) is 0 Å². The van der Waals surface area contributed by atoms with Crippen LogP contribution in [0.4, 0.5) is 34.1 Å². The van der Waals surface area contributed by atoms with Crippen molar-refractivity contribution in [1.29, 1.82) is 0 Å². The highest BCUT2D eigenvalue weighted by Gasteiger charge is 2.57. The second-order valence-corrected chi connectivity index (χ2v) is 26.8. The van der Waals surface area contributed by atoms with Crippen molar-refractivity contribution in [3.05, 3.63) is 384 Å². The largest absolute Gasteiger partial charge is 0.311 e. The van der Waals surface area contributed by atoms with Gasteiger partial charge in [0.2, 0.25) is 0 Å². The SMILES string of the molecule is c1ccc(-c2ccc(N3c4cc(-n5c6ccccc6c6ccccc65)cc5c4B(c4cc(-c6ccccc6)ccc4N5c4cccc5c4-c4ccccc4C54c5ccccc5-c5ccccc54)c4ccc5c(c43)C3(c4ccccc4-c4ccccc43)c3ccccc3-5)cc2)cc1. The maximum absolute atomic E-state index is 2.73. The standard InChI is InChI=1S/C92H56BN3/c1-3-24-57(25-4-1)59-46-49-61(50-47-59)95-85-55-62(94-81-43-21-13-33-68(81)69-34-14-22-44-82(69)94)56-86-89(85)93(79-52-51-70-67-32-11-19-40-76(67)92(88(70)90(79)95)74-38-17-9-30-65(74)66-31-10-18-39-75(66)92)80-54-60(58-26-5-2-6-27-58)48-53-83(80)96(86)84-45-23-42-78-87(84)71-35-12-20-41-77(71)91(78)72-36-15-7-28-63(72)64-29-8-16-37-73(64)91/h1-56H. The average molecular weight is 1210 g/mol. The molecule has 4 heteroatoms. The van der Waals surface area contributed by atoms with Crippen molar-refractivity contribution in [1.82, 2.24) is 4.57 Å². The normalized spacial score (nSPS) is 14.4. The lowest BCUT2D eigenvalue weighted by Gasteiger charge is -2.46. The van der Waals surface area contributed by atoms with E-state index in [1.54, 1.807) is 0 Å². The van der Waals surface area contributed by atoms with Crippen molar-refractivity contribution in [2.24, 2.45) is 0 Å². The predicted octanol–water partition coefficient (Wildman–Crippen LogP) is 20.9. The van der Waals surface area contributed by atoms with Crippen LogP contribution in [0.25, 0.3) is 94.3 Å². The van der Waals surface area contributed by atoms with E-state index in [-0.39, 0.29) is 6.71 Å². The minimum atomic E-state index is -0.668. The molecule has 0 amide bonds. The first kappa shape index (κ1) is 52.3. The number of aromatic nitrogens is 1. The van der Waals surface area contributed by atoms with Crippen molar-refractivity contribution >= 4 is 79.0 Å². The number of para-hydroxylation sites is 2. The van der Waals surface area contributed by atoms with E-state index in [9.17, 15) is 0 Å². The van der Waals surface area contributed by atoms with Gasteiger partial charge in [0.1, 0.15) is 0 Å². The molecule has 0 radical (unpaired) electrons. The lowest BCUT2D eigenvalue weighted by atomic mass is 9.33. The third-order valence-corrected chi connectivity index (χ3v) is 22.6. The molecule has 0 saturated heterocycles. The van der Waals surface area contributed by atoms with Crippen LogP contribution in [0.15, 0.2) is 340 Å². The molecule has 0 bridgehead atoms. The topological polar surface area (TPSA) is 11.4 Å². The number of hydrogen-bond donors (Lipinski definition) is 0. The van der Waals surface area contributed by atoms with Gasteiger partial charge in [-0.1, -0.05) is 291 Å². The molecular weight excluding hydrogens is 1160 g/mol. The Morgan fingerprint density at radius 3 is 1.26 bits per heavy atom. The lowest BCUT2D eigenvalue weighted by molar-refractivity contribution is 0.793. The molecule has 4 aliphatic carbocycles. The fourth-order valence-corrected chi connectivity index (χ4v) is 19.1. The highest BCUT2D eigenvalue weighted by molar-refractivity contribution is 7.00. The van der Waals surface area contributed by atoms with E-state index in [0.29, 0.717) is 0 Å². The molecular formula is C92H56BN3. The maximum atomic E-state index is 2.73. The Labute approximate surface area is 557 Å². The summed E-state index contributed by atoms with van der Waals surface area (Å²) in [5.41, 5.74) is 38.5. The Kier molecular flexibility index (Phi) is 10.5. The fourth-order valence-electron chi connectivity index (χ4n) is 19.1. The Bertz CT molecular complexity index is 5900. The maximum Gasteiger partial charge on any atom is 0.252 e. The molecule has 16 aromatic rings. The minimum Gasteiger partial charge on any atom is -0.311 e. The van der Waals surface area contributed by atoms with Gasteiger partial charge in [-0.05, 0) is 165 Å². The third kappa shape index (κ3) is 6.53. The minimum absolute atomic E-state index is 0.228. The van der Waals surface area contributed by atoms with E-state index in [2.05, 4.69) is 354 Å². The van der Waals surface area contributed by atoms with E-state index in [4.69, 9.17) is 0 Å². The molecule has 1 aromatic heterocycles. The van der Waals surface area contributed by atoms with Crippen molar-refractivity contribution in [3.63, 3.8) is 0 Å². The zero-order chi connectivity index (χ0) is 62.5. The van der Waals surface area contributed by atoms with Crippen LogP contribution in [0, 0.1) is 0 Å². The molecule has 2 spiro atoms. The molecule has 6 aliphatic rings. The molecule has 3 nitrogen and oxygen atoms in total. The number of nitrogens with zero attached hydrogens (tertiary/aromatic N) is 3. The summed E-state index contributed by atoms with van der Waals surface area (Å²) in [6, 6.07) is 130. The molecule has 0 unspecified atom stereocenters. The van der Waals surface area contributed by atoms with Gasteiger partial charge in [-0.2, -0.15) is 0 Å². The number of benzene rings is 15. The average Bonchev–Trinajstić information content (AvgIpc) is 1.43. The van der Waals surface area contributed by atoms with E-state index in [1.807, 2.05) is 0 Å². The first-order valence-electron chi connectivity index (χ1n) is 33.7. The molecule has 0 saturated carbocycles. The number of hydrogen-bond acceptors (Lipinski definition) is 2. The molecule has 15 aromatic carbocycles. The van der Waals surface area contributed by atoms with Crippen molar-refractivity contribution < 1.29 is 0 Å². The van der Waals surface area contributed by atoms with Crippen LogP contribution < -0.4 is 26.2 Å². The Balaban J connectivity index is 0.915. The van der Waals surface area contributed by atoms with Crippen LogP contribution in [0.5, 0.6) is 0 Å². The molecule has 3 heterocycles. The lowest BCUT2D eigenvalue weighted by Crippen LogP contribution is -2.62. The predicted molar refractivity (Wildman–Crippen MR) is 398 cm³/mol. The summed E-state index contributed by atoms with van der Waals surface area (Å²) in [5, 5.41) is 2.45. The van der Waals surface area contributed by atoms with Crippen LogP contribution in [-0.2, 0) is 10.8 Å². The van der Waals surface area contributed by atoms with E-state index < -0.39 is 10.8 Å². The molecule has 0 N–H and O–H groups in total. The number of rotatable bonds is 5. The van der Waals surface area contributed by atoms with E-state index in [1.165, 1.54) is 150 Å². The highest BCUT2D eigenvalue weighted by atomic mass is 15.2. The van der Waals surface area contributed by atoms with Gasteiger partial charge in [-0.25, -0.2) is 0 Å². The summed E-state index contributed by atoms with van der Waals surface area (Å²) in [6.45, 7) is -0.228. The summed E-state index contributed by atoms with van der Waals surface area (Å²) in [6.07, 6.45) is 0. The zero-order valence-corrected chi connectivity index (χ0v) is 52.3. The highest BCUT2D eigenvalue weighted by Crippen LogP contribution is 2.68. The summed E-state index contributed by atoms with van der Waals surface area (Å²) >= 11 is 0. The van der Waals surface area contributed by atoms with Gasteiger partial charge in [-0.15, -0.1) is 0 Å². The summed E-state index contributed by atoms with van der Waals surface area (Å²) in [5.74, 6) is 0. The number of anilines is 6. The van der Waals surface area contributed by atoms with Crippen LogP contribution in [0.3, 0.4) is 0 Å². The van der Waals surface area contributed by atoms with Gasteiger partial charge in [0.05, 0.1) is 33.2 Å². The molecule has 0 atom stereocenters. The van der Waals surface area contributed by atoms with Crippen LogP contribution in [0.1, 0.15) is 44.5 Å². The van der Waals surface area contributed by atoms with Crippen LogP contribution in [-0.4, -0.2) is 11.3 Å². The van der Waals surface area contributed by atoms with Crippen LogP contribution >= 0.6 is 0 Å². The fraction of sp³-hybridized carbons (Fsp3) is 0.0217. The second-order valence-electron chi connectivity index (χ2n) is 26.8. The first-order valence-corrected chi connectivity index (χ1v) is 33.7. The van der Waals surface area contributed by atoms with Crippen molar-refractivity contribution in [3.8, 4) is 72.4 Å². The second kappa shape index (κ2) is 19.2. The van der Waals surface area contributed by atoms with Gasteiger partial charge in [0.25, 0.3) is 6.71 Å². The number of fused-ring (bicyclic) bond motifs is 28. The van der Waals surface area contributed by atoms with E-state index in [0.717, 1.165) is 39.5 Å². The Hall–Kier alpha value is -12.2. The first-order chi connectivity index (χ1) is 47.7. The third-order valence-electron chi connectivity index (χ3n) is 22.6. The molecule has 0 fully saturated rings. The van der Waals surface area contributed by atoms with Gasteiger partial charge < -0.3 is 14.4 Å². The molecule has 22 rings (SSSR count). The zero-order valence-electron chi connectivity index (χ0n) is 52.3. The van der Waals surface area contributed by atoms with Crippen molar-refractivity contribution in [2.75, 3.05) is 9.80 Å². The molecule has 96 heavy (non-hydrogen) atoms. The monoisotopic (exact) mass is 1210 g/mol. The van der Waals surface area contributed by atoms with Gasteiger partial charge in [0, 0.05) is 50.3 Å². The summed E-state index contributed by atoms with van der Waals surface area (Å²) in [7, 11) is 0. The van der Waals surface area contributed by atoms with Crippen molar-refractivity contribution in [2.45, 2.75) is 10.8 Å². The van der Waals surface area contributed by atoms with Gasteiger partial charge in [0.15, 0.2) is 0 Å².